The van der Waals surface area contributed by atoms with Gasteiger partial charge in [0.15, 0.2) is 0 Å². The Bertz CT molecular complexity index is 1340. The first-order valence-corrected chi connectivity index (χ1v) is 11.7. The number of amides is 1. The number of aromatic carboxylic acids is 1. The van der Waals surface area contributed by atoms with E-state index in [1.165, 1.54) is 11.1 Å². The van der Waals surface area contributed by atoms with Gasteiger partial charge in [-0.2, -0.15) is 13.2 Å². The Hall–Kier alpha value is -4.34. The van der Waals surface area contributed by atoms with Gasteiger partial charge >= 0.3 is 18.1 Å². The van der Waals surface area contributed by atoms with Crippen molar-refractivity contribution in [2.45, 2.75) is 32.4 Å². The highest BCUT2D eigenvalue weighted by molar-refractivity contribution is 6.08. The first-order valence-electron chi connectivity index (χ1n) is 11.7. The molecular formula is C28H27F3N2O5. The van der Waals surface area contributed by atoms with E-state index < -0.39 is 18.1 Å². The fourth-order valence-corrected chi connectivity index (χ4v) is 4.19. The Labute approximate surface area is 217 Å². The highest BCUT2D eigenvalue weighted by Gasteiger charge is 2.38. The van der Waals surface area contributed by atoms with Gasteiger partial charge in [0.25, 0.3) is 5.91 Å². The number of rotatable bonds is 5. The van der Waals surface area contributed by atoms with Gasteiger partial charge in [0.1, 0.15) is 0 Å². The standard InChI is InChI=1S/C26H26N2O3.C2HF3O2/c1-17-5-3-7-19(13-17)21-11-12-28(16-21)22-9-10-24(23(15-22)26(30)31)27-25(29)20-8-4-6-18(2)14-20;3-2(4,5)1(6)7/h3-10,13-15,21H,11-12,16H2,1-2H3,(H,27,29)(H,30,31);(H,6,7). The molecule has 3 aromatic carbocycles. The molecule has 0 spiro atoms. The fraction of sp³-hybridized carbons (Fsp3) is 0.250. The minimum Gasteiger partial charge on any atom is -0.478 e. The average molecular weight is 529 g/mol. The second-order valence-electron chi connectivity index (χ2n) is 9.01. The summed E-state index contributed by atoms with van der Waals surface area (Å²) in [4.78, 5) is 35.6. The number of nitrogens with zero attached hydrogens (tertiary/aromatic N) is 1. The molecule has 0 radical (unpaired) electrons. The van der Waals surface area contributed by atoms with Gasteiger partial charge in [-0.15, -0.1) is 0 Å². The Morgan fingerprint density at radius 2 is 1.55 bits per heavy atom. The van der Waals surface area contributed by atoms with Crippen LogP contribution in [-0.4, -0.2) is 47.3 Å². The van der Waals surface area contributed by atoms with Crippen LogP contribution in [0.25, 0.3) is 0 Å². The molecule has 3 N–H and O–H groups in total. The van der Waals surface area contributed by atoms with Crippen LogP contribution < -0.4 is 10.2 Å². The first-order chi connectivity index (χ1) is 17.8. The quantitative estimate of drug-likeness (QED) is 0.382. The van der Waals surface area contributed by atoms with Gasteiger partial charge in [0.05, 0.1) is 11.3 Å². The molecule has 38 heavy (non-hydrogen) atoms. The van der Waals surface area contributed by atoms with Gasteiger partial charge in [-0.1, -0.05) is 47.5 Å². The SMILES string of the molecule is Cc1cccc(C(=O)Nc2ccc(N3CCC(c4cccc(C)c4)C3)cc2C(=O)O)c1.O=C(O)C(F)(F)F. The number of alkyl halides is 3. The third kappa shape index (κ3) is 7.34. The van der Waals surface area contributed by atoms with E-state index in [-0.39, 0.29) is 11.5 Å². The Balaban J connectivity index is 0.000000505. The predicted molar refractivity (Wildman–Crippen MR) is 137 cm³/mol. The molecule has 0 saturated carbocycles. The minimum atomic E-state index is -5.08. The van der Waals surface area contributed by atoms with Crippen LogP contribution in [0.2, 0.25) is 0 Å². The molecule has 1 amide bonds. The number of aryl methyl sites for hydroxylation is 2. The van der Waals surface area contributed by atoms with Crippen molar-refractivity contribution in [3.63, 3.8) is 0 Å². The van der Waals surface area contributed by atoms with Crippen molar-refractivity contribution < 1.29 is 37.8 Å². The van der Waals surface area contributed by atoms with E-state index >= 15 is 0 Å². The summed E-state index contributed by atoms with van der Waals surface area (Å²) in [5.74, 6) is -3.71. The normalized spacial score (nSPS) is 14.9. The predicted octanol–water partition coefficient (Wildman–Crippen LogP) is 5.88. The van der Waals surface area contributed by atoms with E-state index in [0.717, 1.165) is 30.8 Å². The highest BCUT2D eigenvalue weighted by Crippen LogP contribution is 2.33. The van der Waals surface area contributed by atoms with Crippen molar-refractivity contribution >= 4 is 29.2 Å². The van der Waals surface area contributed by atoms with E-state index in [4.69, 9.17) is 9.90 Å². The Kier molecular flexibility index (Phi) is 8.77. The molecule has 1 unspecified atom stereocenters. The molecule has 1 atom stereocenters. The summed E-state index contributed by atoms with van der Waals surface area (Å²) in [7, 11) is 0. The van der Waals surface area contributed by atoms with Gasteiger partial charge in [0.2, 0.25) is 0 Å². The van der Waals surface area contributed by atoms with Crippen molar-refractivity contribution in [2.75, 3.05) is 23.3 Å². The summed E-state index contributed by atoms with van der Waals surface area (Å²) < 4.78 is 31.7. The highest BCUT2D eigenvalue weighted by atomic mass is 19.4. The monoisotopic (exact) mass is 528 g/mol. The topological polar surface area (TPSA) is 107 Å². The summed E-state index contributed by atoms with van der Waals surface area (Å²) in [6.45, 7) is 5.72. The van der Waals surface area contributed by atoms with Gasteiger partial charge in [0, 0.05) is 30.3 Å². The van der Waals surface area contributed by atoms with Crippen molar-refractivity contribution in [1.82, 2.24) is 0 Å². The maximum atomic E-state index is 12.6. The number of aliphatic carboxylic acids is 1. The molecule has 7 nitrogen and oxygen atoms in total. The number of halogens is 3. The smallest absolute Gasteiger partial charge is 0.478 e. The average Bonchev–Trinajstić information content (AvgIpc) is 3.34. The molecule has 4 rings (SSSR count). The van der Waals surface area contributed by atoms with Crippen LogP contribution in [0.15, 0.2) is 66.7 Å². The lowest BCUT2D eigenvalue weighted by Gasteiger charge is -2.20. The largest absolute Gasteiger partial charge is 0.490 e. The minimum absolute atomic E-state index is 0.0949. The van der Waals surface area contributed by atoms with Gasteiger partial charge < -0.3 is 20.4 Å². The maximum Gasteiger partial charge on any atom is 0.490 e. The Morgan fingerprint density at radius 3 is 2.13 bits per heavy atom. The number of hydrogen-bond donors (Lipinski definition) is 3. The van der Waals surface area contributed by atoms with Crippen molar-refractivity contribution in [3.8, 4) is 0 Å². The number of carbonyl (C=O) groups excluding carboxylic acids is 1. The van der Waals surface area contributed by atoms with Crippen molar-refractivity contribution in [2.24, 2.45) is 0 Å². The molecule has 1 saturated heterocycles. The number of hydrogen-bond acceptors (Lipinski definition) is 4. The molecule has 0 aliphatic carbocycles. The molecule has 1 aliphatic rings. The molecule has 0 bridgehead atoms. The Morgan fingerprint density at radius 1 is 0.921 bits per heavy atom. The molecule has 3 aromatic rings. The van der Waals surface area contributed by atoms with Crippen LogP contribution in [0.4, 0.5) is 24.5 Å². The van der Waals surface area contributed by atoms with Crippen LogP contribution >= 0.6 is 0 Å². The number of carbonyl (C=O) groups is 3. The molecule has 1 aliphatic heterocycles. The van der Waals surface area contributed by atoms with Crippen LogP contribution in [-0.2, 0) is 4.79 Å². The second kappa shape index (κ2) is 11.8. The molecule has 200 valence electrons. The van der Waals surface area contributed by atoms with E-state index in [1.807, 2.05) is 25.1 Å². The first kappa shape index (κ1) is 28.2. The molecule has 10 heteroatoms. The third-order valence-electron chi connectivity index (χ3n) is 6.07. The number of carboxylic acid groups (broad SMARTS) is 2. The van der Waals surface area contributed by atoms with E-state index in [9.17, 15) is 27.9 Å². The molecule has 1 heterocycles. The summed E-state index contributed by atoms with van der Waals surface area (Å²) >= 11 is 0. The van der Waals surface area contributed by atoms with Crippen LogP contribution in [0.3, 0.4) is 0 Å². The number of nitrogens with one attached hydrogen (secondary N) is 1. The third-order valence-corrected chi connectivity index (χ3v) is 6.07. The van der Waals surface area contributed by atoms with Crippen molar-refractivity contribution in [1.29, 1.82) is 0 Å². The number of carboxylic acids is 2. The second-order valence-corrected chi connectivity index (χ2v) is 9.01. The van der Waals surface area contributed by atoms with Gasteiger partial charge in [-0.05, 0) is 56.2 Å². The lowest BCUT2D eigenvalue weighted by molar-refractivity contribution is -0.192. The van der Waals surface area contributed by atoms with E-state index in [0.29, 0.717) is 17.2 Å². The van der Waals surface area contributed by atoms with Crippen LogP contribution in [0.1, 0.15) is 49.7 Å². The zero-order chi connectivity index (χ0) is 28.0. The fourth-order valence-electron chi connectivity index (χ4n) is 4.19. The van der Waals surface area contributed by atoms with Crippen molar-refractivity contribution in [3.05, 3.63) is 94.5 Å². The summed E-state index contributed by atoms with van der Waals surface area (Å²) in [6.07, 6.45) is -4.06. The van der Waals surface area contributed by atoms with E-state index in [2.05, 4.69) is 41.4 Å². The summed E-state index contributed by atoms with van der Waals surface area (Å²) in [5, 5.41) is 19.6. The lowest BCUT2D eigenvalue weighted by atomic mass is 9.97. The summed E-state index contributed by atoms with van der Waals surface area (Å²) in [5.41, 5.74) is 5.30. The molecule has 0 aromatic heterocycles. The lowest BCUT2D eigenvalue weighted by Crippen LogP contribution is -2.21. The zero-order valence-electron chi connectivity index (χ0n) is 20.7. The van der Waals surface area contributed by atoms with Gasteiger partial charge in [-0.3, -0.25) is 4.79 Å². The number of anilines is 2. The molecule has 1 fully saturated rings. The number of benzene rings is 3. The van der Waals surface area contributed by atoms with Gasteiger partial charge in [-0.25, -0.2) is 9.59 Å². The molecular weight excluding hydrogens is 501 g/mol. The summed E-state index contributed by atoms with van der Waals surface area (Å²) in [6, 6.07) is 21.0. The van der Waals surface area contributed by atoms with Crippen LogP contribution in [0.5, 0.6) is 0 Å². The van der Waals surface area contributed by atoms with E-state index in [1.54, 1.807) is 24.3 Å². The van der Waals surface area contributed by atoms with Crippen LogP contribution in [0, 0.1) is 13.8 Å². The maximum absolute atomic E-state index is 12.6. The zero-order valence-corrected chi connectivity index (χ0v) is 20.7.